The van der Waals surface area contributed by atoms with Crippen molar-refractivity contribution in [2.45, 2.75) is 32.9 Å². The van der Waals surface area contributed by atoms with Gasteiger partial charge in [0, 0.05) is 25.4 Å². The average molecular weight is 312 g/mol. The Hall–Kier alpha value is -1.14. The first-order valence-corrected chi connectivity index (χ1v) is 6.85. The third-order valence-corrected chi connectivity index (χ3v) is 4.08. The van der Waals surface area contributed by atoms with Crippen molar-refractivity contribution < 1.29 is 0 Å². The van der Waals surface area contributed by atoms with Gasteiger partial charge in [-0.25, -0.2) is 4.98 Å². The molecule has 1 atom stereocenters. The zero-order chi connectivity index (χ0) is 13.1. The van der Waals surface area contributed by atoms with E-state index in [2.05, 4.69) is 43.2 Å². The summed E-state index contributed by atoms with van der Waals surface area (Å²) in [7, 11) is 1.95. The van der Waals surface area contributed by atoms with Gasteiger partial charge in [0.25, 0.3) is 0 Å². The number of imidazole rings is 1. The van der Waals surface area contributed by atoms with Gasteiger partial charge in [0.1, 0.15) is 5.82 Å². The molecule has 98 valence electrons. The third kappa shape index (κ3) is 2.49. The predicted molar refractivity (Wildman–Crippen MR) is 74.4 cm³/mol. The molecule has 0 aromatic carbocycles. The lowest BCUT2D eigenvalue weighted by Crippen LogP contribution is -2.22. The fourth-order valence-corrected chi connectivity index (χ4v) is 2.51. The van der Waals surface area contributed by atoms with Crippen LogP contribution in [0.1, 0.15) is 30.2 Å². The largest absolute Gasteiger partial charge is 0.347 e. The second kappa shape index (κ2) is 5.67. The van der Waals surface area contributed by atoms with E-state index < -0.39 is 0 Å². The normalized spacial score (nSPS) is 12.9. The standard InChI is InChI=1S/C12H18BrN5/c1-4-18-10(11(13)8(2)17-18)7-9(14-3)12-15-5-6-16-12/h5-6,9,14H,4,7H2,1-3H3,(H,15,16). The molecule has 0 bridgehead atoms. The van der Waals surface area contributed by atoms with Crippen LogP contribution < -0.4 is 5.32 Å². The van der Waals surface area contributed by atoms with E-state index >= 15 is 0 Å². The number of hydrogen-bond acceptors (Lipinski definition) is 3. The molecule has 0 aliphatic carbocycles. The summed E-state index contributed by atoms with van der Waals surface area (Å²) in [4.78, 5) is 7.47. The Labute approximate surface area is 115 Å². The van der Waals surface area contributed by atoms with Crippen molar-refractivity contribution in [2.75, 3.05) is 7.05 Å². The van der Waals surface area contributed by atoms with Crippen molar-refractivity contribution in [3.63, 3.8) is 0 Å². The molecule has 0 radical (unpaired) electrons. The van der Waals surface area contributed by atoms with E-state index in [1.54, 1.807) is 6.20 Å². The second-order valence-corrected chi connectivity index (χ2v) is 4.97. The van der Waals surface area contributed by atoms with Crippen molar-refractivity contribution in [3.05, 3.63) is 34.1 Å². The van der Waals surface area contributed by atoms with Crippen LogP contribution in [0.25, 0.3) is 0 Å². The molecule has 2 aromatic rings. The number of H-pyrrole nitrogens is 1. The molecule has 0 saturated carbocycles. The monoisotopic (exact) mass is 311 g/mol. The number of aromatic amines is 1. The molecular weight excluding hydrogens is 294 g/mol. The Bertz CT molecular complexity index is 503. The summed E-state index contributed by atoms with van der Waals surface area (Å²) in [5.41, 5.74) is 2.23. The molecule has 6 heteroatoms. The Morgan fingerprint density at radius 2 is 2.33 bits per heavy atom. The highest BCUT2D eigenvalue weighted by molar-refractivity contribution is 9.10. The first kappa shape index (κ1) is 13.3. The topological polar surface area (TPSA) is 58.5 Å². The number of rotatable bonds is 5. The van der Waals surface area contributed by atoms with E-state index in [9.17, 15) is 0 Å². The number of nitrogens with one attached hydrogen (secondary N) is 2. The Kier molecular flexibility index (Phi) is 4.19. The Morgan fingerprint density at radius 1 is 1.56 bits per heavy atom. The summed E-state index contributed by atoms with van der Waals surface area (Å²) in [6.07, 6.45) is 4.47. The molecule has 2 N–H and O–H groups in total. The maximum absolute atomic E-state index is 4.51. The van der Waals surface area contributed by atoms with Crippen LogP contribution in [0.3, 0.4) is 0 Å². The fourth-order valence-electron chi connectivity index (χ4n) is 2.06. The number of aromatic nitrogens is 4. The number of nitrogens with zero attached hydrogens (tertiary/aromatic N) is 3. The molecule has 0 amide bonds. The van der Waals surface area contributed by atoms with Gasteiger partial charge in [0.05, 0.1) is 21.9 Å². The van der Waals surface area contributed by atoms with Crippen LogP contribution >= 0.6 is 15.9 Å². The lowest BCUT2D eigenvalue weighted by molar-refractivity contribution is 0.522. The van der Waals surface area contributed by atoms with Gasteiger partial charge in [-0.1, -0.05) is 0 Å². The highest BCUT2D eigenvalue weighted by Gasteiger charge is 2.19. The minimum atomic E-state index is 0.165. The SMILES string of the molecule is CCn1nc(C)c(Br)c1CC(NC)c1ncc[nH]1. The fraction of sp³-hybridized carbons (Fsp3) is 0.500. The van der Waals surface area contributed by atoms with Crippen LogP contribution in [0.15, 0.2) is 16.9 Å². The van der Waals surface area contributed by atoms with E-state index in [4.69, 9.17) is 0 Å². The number of aryl methyl sites for hydroxylation is 2. The summed E-state index contributed by atoms with van der Waals surface area (Å²) in [6, 6.07) is 0.165. The van der Waals surface area contributed by atoms with Crippen molar-refractivity contribution in [3.8, 4) is 0 Å². The molecule has 0 aliphatic rings. The predicted octanol–water partition coefficient (Wildman–Crippen LogP) is 2.20. The van der Waals surface area contributed by atoms with Gasteiger partial charge in [0.2, 0.25) is 0 Å². The van der Waals surface area contributed by atoms with E-state index in [0.717, 1.165) is 29.0 Å². The molecule has 2 aromatic heterocycles. The number of hydrogen-bond donors (Lipinski definition) is 2. The second-order valence-electron chi connectivity index (χ2n) is 4.18. The van der Waals surface area contributed by atoms with Crippen molar-refractivity contribution in [1.29, 1.82) is 0 Å². The summed E-state index contributed by atoms with van der Waals surface area (Å²) in [5, 5.41) is 7.79. The van der Waals surface area contributed by atoms with Crippen LogP contribution in [0.2, 0.25) is 0 Å². The molecule has 18 heavy (non-hydrogen) atoms. The van der Waals surface area contributed by atoms with Gasteiger partial charge in [-0.05, 0) is 36.8 Å². The molecule has 0 aliphatic heterocycles. The number of halogens is 1. The summed E-state index contributed by atoms with van der Waals surface area (Å²) >= 11 is 3.62. The molecule has 2 heterocycles. The van der Waals surface area contributed by atoms with Crippen LogP contribution in [0.5, 0.6) is 0 Å². The zero-order valence-corrected chi connectivity index (χ0v) is 12.5. The zero-order valence-electron chi connectivity index (χ0n) is 10.9. The highest BCUT2D eigenvalue weighted by atomic mass is 79.9. The minimum absolute atomic E-state index is 0.165. The van der Waals surface area contributed by atoms with Crippen LogP contribution in [-0.4, -0.2) is 26.8 Å². The third-order valence-electron chi connectivity index (χ3n) is 3.05. The lowest BCUT2D eigenvalue weighted by atomic mass is 10.1. The van der Waals surface area contributed by atoms with Gasteiger partial charge in [-0.3, -0.25) is 4.68 Å². The van der Waals surface area contributed by atoms with Gasteiger partial charge in [-0.2, -0.15) is 5.10 Å². The molecule has 0 spiro atoms. The molecule has 2 rings (SSSR count). The average Bonchev–Trinajstić information content (AvgIpc) is 2.98. The van der Waals surface area contributed by atoms with Crippen molar-refractivity contribution in [1.82, 2.24) is 25.1 Å². The highest BCUT2D eigenvalue weighted by Crippen LogP contribution is 2.25. The van der Waals surface area contributed by atoms with E-state index in [0.29, 0.717) is 0 Å². The lowest BCUT2D eigenvalue weighted by Gasteiger charge is -2.15. The molecule has 0 fully saturated rings. The van der Waals surface area contributed by atoms with Crippen molar-refractivity contribution >= 4 is 15.9 Å². The Morgan fingerprint density at radius 3 is 2.89 bits per heavy atom. The van der Waals surface area contributed by atoms with Gasteiger partial charge < -0.3 is 10.3 Å². The quantitative estimate of drug-likeness (QED) is 0.890. The van der Waals surface area contributed by atoms with E-state index in [1.807, 2.05) is 24.9 Å². The van der Waals surface area contributed by atoms with Crippen LogP contribution in [-0.2, 0) is 13.0 Å². The molecular formula is C12H18BrN5. The van der Waals surface area contributed by atoms with E-state index in [-0.39, 0.29) is 6.04 Å². The summed E-state index contributed by atoms with van der Waals surface area (Å²) in [5.74, 6) is 0.950. The van der Waals surface area contributed by atoms with Gasteiger partial charge >= 0.3 is 0 Å². The molecule has 1 unspecified atom stereocenters. The molecule has 5 nitrogen and oxygen atoms in total. The maximum atomic E-state index is 4.51. The summed E-state index contributed by atoms with van der Waals surface area (Å²) in [6.45, 7) is 4.99. The van der Waals surface area contributed by atoms with E-state index in [1.165, 1.54) is 5.69 Å². The first-order chi connectivity index (χ1) is 8.67. The van der Waals surface area contributed by atoms with Crippen LogP contribution in [0.4, 0.5) is 0 Å². The Balaban J connectivity index is 2.27. The minimum Gasteiger partial charge on any atom is -0.347 e. The van der Waals surface area contributed by atoms with Gasteiger partial charge in [-0.15, -0.1) is 0 Å². The smallest absolute Gasteiger partial charge is 0.123 e. The summed E-state index contributed by atoms with van der Waals surface area (Å²) < 4.78 is 3.13. The van der Waals surface area contributed by atoms with Crippen LogP contribution in [0, 0.1) is 6.92 Å². The number of likely N-dealkylation sites (N-methyl/N-ethyl adjacent to an activating group) is 1. The maximum Gasteiger partial charge on any atom is 0.123 e. The first-order valence-electron chi connectivity index (χ1n) is 6.05. The molecule has 0 saturated heterocycles. The van der Waals surface area contributed by atoms with Gasteiger partial charge in [0.15, 0.2) is 0 Å². The van der Waals surface area contributed by atoms with Crippen molar-refractivity contribution in [2.24, 2.45) is 0 Å².